The molecule has 2 aliphatic rings. The molecule has 2 bridgehead atoms. The molecule has 0 saturated heterocycles. The van der Waals surface area contributed by atoms with Crippen molar-refractivity contribution >= 4 is 17.6 Å². The summed E-state index contributed by atoms with van der Waals surface area (Å²) in [5.41, 5.74) is 0.200. The monoisotopic (exact) mass is 291 g/mol. The molecule has 3 N–H and O–H groups in total. The van der Waals surface area contributed by atoms with Gasteiger partial charge in [0, 0.05) is 11.8 Å². The van der Waals surface area contributed by atoms with Gasteiger partial charge in [-0.15, -0.1) is 0 Å². The number of halogens is 1. The maximum Gasteiger partial charge on any atom is 0.307 e. The first kappa shape index (κ1) is 13.6. The number of benzene rings is 1. The number of rotatable bonds is 3. The third kappa shape index (κ3) is 2.26. The number of anilines is 1. The lowest BCUT2D eigenvalue weighted by atomic mass is 9.82. The van der Waals surface area contributed by atoms with E-state index in [-0.39, 0.29) is 17.5 Å². The van der Waals surface area contributed by atoms with E-state index in [1.54, 1.807) is 0 Å². The number of carboxylic acids is 1. The molecule has 1 fully saturated rings. The van der Waals surface area contributed by atoms with Crippen LogP contribution in [-0.4, -0.2) is 22.1 Å². The summed E-state index contributed by atoms with van der Waals surface area (Å²) in [6, 6.07) is 3.52. The molecule has 21 heavy (non-hydrogen) atoms. The van der Waals surface area contributed by atoms with Gasteiger partial charge in [-0.25, -0.2) is 4.39 Å². The van der Waals surface area contributed by atoms with Gasteiger partial charge < -0.3 is 15.5 Å². The number of aromatic hydroxyl groups is 1. The smallest absolute Gasteiger partial charge is 0.307 e. The summed E-state index contributed by atoms with van der Waals surface area (Å²) < 4.78 is 13.3. The van der Waals surface area contributed by atoms with Gasteiger partial charge in [0.05, 0.1) is 11.8 Å². The van der Waals surface area contributed by atoms with Crippen LogP contribution in [0.15, 0.2) is 30.4 Å². The molecule has 4 atom stereocenters. The summed E-state index contributed by atoms with van der Waals surface area (Å²) in [5, 5.41) is 20.9. The Morgan fingerprint density at radius 2 is 1.86 bits per heavy atom. The van der Waals surface area contributed by atoms with E-state index in [0.717, 1.165) is 12.1 Å². The van der Waals surface area contributed by atoms with E-state index >= 15 is 0 Å². The number of nitrogens with one attached hydrogen (secondary N) is 1. The van der Waals surface area contributed by atoms with Crippen LogP contribution in [0.3, 0.4) is 0 Å². The minimum absolute atomic E-state index is 0.0851. The zero-order valence-electron chi connectivity index (χ0n) is 11.0. The van der Waals surface area contributed by atoms with Crippen LogP contribution in [-0.2, 0) is 9.59 Å². The summed E-state index contributed by atoms with van der Waals surface area (Å²) in [4.78, 5) is 23.7. The molecule has 6 heteroatoms. The van der Waals surface area contributed by atoms with E-state index in [0.29, 0.717) is 6.42 Å². The van der Waals surface area contributed by atoms with Crippen molar-refractivity contribution in [2.24, 2.45) is 23.7 Å². The highest BCUT2D eigenvalue weighted by Crippen LogP contribution is 2.48. The average molecular weight is 291 g/mol. The molecule has 0 aliphatic heterocycles. The molecule has 1 aromatic rings. The van der Waals surface area contributed by atoms with Crippen molar-refractivity contribution in [1.29, 1.82) is 0 Å². The number of fused-ring (bicyclic) bond motifs is 2. The Morgan fingerprint density at radius 3 is 2.48 bits per heavy atom. The highest BCUT2D eigenvalue weighted by Gasteiger charge is 2.51. The Kier molecular flexibility index (Phi) is 3.16. The van der Waals surface area contributed by atoms with Gasteiger partial charge in [-0.1, -0.05) is 12.2 Å². The Morgan fingerprint density at radius 1 is 1.19 bits per heavy atom. The van der Waals surface area contributed by atoms with Gasteiger partial charge in [0.15, 0.2) is 11.6 Å². The van der Waals surface area contributed by atoms with Crippen LogP contribution in [0.2, 0.25) is 0 Å². The number of aliphatic carboxylic acids is 1. The van der Waals surface area contributed by atoms with Crippen molar-refractivity contribution in [2.75, 3.05) is 5.32 Å². The van der Waals surface area contributed by atoms with E-state index < -0.39 is 35.3 Å². The summed E-state index contributed by atoms with van der Waals surface area (Å²) in [6.07, 6.45) is 4.40. The highest BCUT2D eigenvalue weighted by atomic mass is 19.1. The van der Waals surface area contributed by atoms with Gasteiger partial charge in [-0.05, 0) is 30.4 Å². The van der Waals surface area contributed by atoms with Crippen molar-refractivity contribution < 1.29 is 24.2 Å². The van der Waals surface area contributed by atoms with Crippen molar-refractivity contribution in [3.05, 3.63) is 36.2 Å². The molecule has 0 spiro atoms. The Hall–Kier alpha value is -2.37. The molecule has 2 aliphatic carbocycles. The van der Waals surface area contributed by atoms with E-state index in [9.17, 15) is 19.1 Å². The molecule has 3 rings (SSSR count). The Balaban J connectivity index is 1.80. The first-order chi connectivity index (χ1) is 9.97. The van der Waals surface area contributed by atoms with Gasteiger partial charge in [0.2, 0.25) is 5.91 Å². The SMILES string of the molecule is O=C(O)C1C2C=CC(C2)C1C(=O)Nc1ccc(O)c(F)c1. The van der Waals surface area contributed by atoms with Crippen LogP contribution in [0.4, 0.5) is 10.1 Å². The number of hydrogen-bond donors (Lipinski definition) is 3. The predicted molar refractivity (Wildman–Crippen MR) is 72.0 cm³/mol. The van der Waals surface area contributed by atoms with Crippen LogP contribution in [0.25, 0.3) is 0 Å². The number of carbonyl (C=O) groups is 2. The maximum atomic E-state index is 13.3. The summed E-state index contributed by atoms with van der Waals surface area (Å²) in [7, 11) is 0. The second kappa shape index (κ2) is 4.87. The summed E-state index contributed by atoms with van der Waals surface area (Å²) >= 11 is 0. The van der Waals surface area contributed by atoms with Crippen LogP contribution in [0, 0.1) is 29.5 Å². The third-order valence-corrected chi connectivity index (χ3v) is 4.26. The molecular formula is C15H14FNO4. The van der Waals surface area contributed by atoms with Crippen LogP contribution in [0.5, 0.6) is 5.75 Å². The van der Waals surface area contributed by atoms with Crippen molar-refractivity contribution in [3.8, 4) is 5.75 Å². The van der Waals surface area contributed by atoms with Gasteiger partial charge in [0.25, 0.3) is 0 Å². The molecule has 1 amide bonds. The van der Waals surface area contributed by atoms with Crippen LogP contribution >= 0.6 is 0 Å². The van der Waals surface area contributed by atoms with E-state index in [2.05, 4.69) is 5.32 Å². The molecule has 110 valence electrons. The minimum atomic E-state index is -0.983. The molecular weight excluding hydrogens is 277 g/mol. The zero-order valence-corrected chi connectivity index (χ0v) is 11.0. The number of phenols is 1. The van der Waals surface area contributed by atoms with E-state index in [1.165, 1.54) is 6.07 Å². The Labute approximate surface area is 120 Å². The first-order valence-electron chi connectivity index (χ1n) is 6.68. The van der Waals surface area contributed by atoms with Gasteiger partial charge >= 0.3 is 5.97 Å². The lowest BCUT2D eigenvalue weighted by molar-refractivity contribution is -0.146. The van der Waals surface area contributed by atoms with Crippen molar-refractivity contribution in [3.63, 3.8) is 0 Å². The van der Waals surface area contributed by atoms with E-state index in [4.69, 9.17) is 5.11 Å². The van der Waals surface area contributed by atoms with Gasteiger partial charge in [-0.2, -0.15) is 0 Å². The third-order valence-electron chi connectivity index (χ3n) is 4.26. The number of amides is 1. The second-order valence-corrected chi connectivity index (χ2v) is 5.49. The topological polar surface area (TPSA) is 86.6 Å². The van der Waals surface area contributed by atoms with Crippen molar-refractivity contribution in [2.45, 2.75) is 6.42 Å². The number of hydrogen-bond acceptors (Lipinski definition) is 3. The fraction of sp³-hybridized carbons (Fsp3) is 0.333. The zero-order chi connectivity index (χ0) is 15.1. The largest absolute Gasteiger partial charge is 0.505 e. The standard InChI is InChI=1S/C15H14FNO4/c16-10-6-9(3-4-11(10)18)17-14(19)12-7-1-2-8(5-7)13(12)15(20)21/h1-4,6-8,12-13,18H,5H2,(H,17,19)(H,20,21). The molecule has 1 saturated carbocycles. The summed E-state index contributed by atoms with van der Waals surface area (Å²) in [5.74, 6) is -4.32. The molecule has 0 heterocycles. The summed E-state index contributed by atoms with van der Waals surface area (Å²) in [6.45, 7) is 0. The van der Waals surface area contributed by atoms with Gasteiger partial charge in [0.1, 0.15) is 0 Å². The number of carboxylic acid groups (broad SMARTS) is 1. The average Bonchev–Trinajstić information content (AvgIpc) is 3.03. The highest BCUT2D eigenvalue weighted by molar-refractivity contribution is 5.96. The number of phenolic OH excluding ortho intramolecular Hbond substituents is 1. The molecule has 0 radical (unpaired) electrons. The van der Waals surface area contributed by atoms with E-state index in [1.807, 2.05) is 12.2 Å². The Bertz CT molecular complexity index is 643. The maximum absolute atomic E-state index is 13.3. The lowest BCUT2D eigenvalue weighted by Crippen LogP contribution is -2.36. The minimum Gasteiger partial charge on any atom is -0.505 e. The normalized spacial score (nSPS) is 29.6. The van der Waals surface area contributed by atoms with Crippen LogP contribution < -0.4 is 5.32 Å². The molecule has 5 nitrogen and oxygen atoms in total. The molecule has 4 unspecified atom stereocenters. The lowest BCUT2D eigenvalue weighted by Gasteiger charge is -2.23. The van der Waals surface area contributed by atoms with Crippen molar-refractivity contribution in [1.82, 2.24) is 0 Å². The fourth-order valence-electron chi connectivity index (χ4n) is 3.33. The van der Waals surface area contributed by atoms with Crippen LogP contribution in [0.1, 0.15) is 6.42 Å². The quantitative estimate of drug-likeness (QED) is 0.587. The van der Waals surface area contributed by atoms with Gasteiger partial charge in [-0.3, -0.25) is 9.59 Å². The first-order valence-corrected chi connectivity index (χ1v) is 6.68. The number of carbonyl (C=O) groups excluding carboxylic acids is 1. The molecule has 0 aromatic heterocycles. The second-order valence-electron chi connectivity index (χ2n) is 5.49. The predicted octanol–water partition coefficient (Wildman–Crippen LogP) is 1.99. The fourth-order valence-corrected chi connectivity index (χ4v) is 3.33. The number of allylic oxidation sites excluding steroid dienone is 2. The molecule has 1 aromatic carbocycles.